The van der Waals surface area contributed by atoms with E-state index in [1.54, 1.807) is 0 Å². The second-order valence-corrected chi connectivity index (χ2v) is 10.2. The maximum Gasteiger partial charge on any atom is 0.0963 e. The molecule has 0 spiro atoms. The van der Waals surface area contributed by atoms with Crippen molar-refractivity contribution in [3.63, 3.8) is 0 Å². The average Bonchev–Trinajstić information content (AvgIpc) is 3.31. The molecular formula is C33H23BrN4. The maximum absolute atomic E-state index is 4.68. The third-order valence-electron chi connectivity index (χ3n) is 6.96. The van der Waals surface area contributed by atoms with Crippen LogP contribution in [0.1, 0.15) is 5.56 Å². The lowest BCUT2D eigenvalue weighted by Crippen LogP contribution is -2.14. The van der Waals surface area contributed by atoms with Crippen LogP contribution in [-0.4, -0.2) is 21.1 Å². The van der Waals surface area contributed by atoms with Crippen molar-refractivity contribution in [1.29, 1.82) is 0 Å². The van der Waals surface area contributed by atoms with Crippen LogP contribution in [0, 0.1) is 0 Å². The van der Waals surface area contributed by atoms with Crippen molar-refractivity contribution in [2.24, 2.45) is 0 Å². The van der Waals surface area contributed by atoms with Crippen LogP contribution in [0.15, 0.2) is 126 Å². The van der Waals surface area contributed by atoms with Gasteiger partial charge in [0, 0.05) is 45.7 Å². The highest BCUT2D eigenvalue weighted by Gasteiger charge is 2.14. The predicted molar refractivity (Wildman–Crippen MR) is 160 cm³/mol. The lowest BCUT2D eigenvalue weighted by Gasteiger charge is -2.16. The highest BCUT2D eigenvalue weighted by Crippen LogP contribution is 2.34. The third-order valence-corrected chi connectivity index (χ3v) is 7.45. The molecule has 7 rings (SSSR count). The van der Waals surface area contributed by atoms with Crippen molar-refractivity contribution in [3.05, 3.63) is 132 Å². The van der Waals surface area contributed by atoms with E-state index in [-0.39, 0.29) is 0 Å². The fraction of sp³-hybridized carbons (Fsp3) is 0.0303. The fourth-order valence-electron chi connectivity index (χ4n) is 5.18. The van der Waals surface area contributed by atoms with Crippen LogP contribution in [0.2, 0.25) is 0 Å². The Balaban J connectivity index is 1.36. The number of pyridine rings is 2. The molecule has 0 saturated heterocycles. The number of dihydropyridines is 1. The summed E-state index contributed by atoms with van der Waals surface area (Å²) >= 11 is 3.65. The topological polar surface area (TPSA) is 42.7 Å². The number of nitrogens with one attached hydrogen (secondary N) is 1. The average molecular weight is 555 g/mol. The van der Waals surface area contributed by atoms with Gasteiger partial charge in [0.15, 0.2) is 0 Å². The number of nitrogens with zero attached hydrogens (tertiary/aromatic N) is 3. The summed E-state index contributed by atoms with van der Waals surface area (Å²) in [6.07, 6.45) is 10.1. The summed E-state index contributed by atoms with van der Waals surface area (Å²) in [4.78, 5) is 9.30. The highest BCUT2D eigenvalue weighted by molar-refractivity contribution is 9.10. The molecule has 3 aromatic heterocycles. The van der Waals surface area contributed by atoms with E-state index in [0.29, 0.717) is 0 Å². The number of allylic oxidation sites excluding steroid dienone is 2. The summed E-state index contributed by atoms with van der Waals surface area (Å²) in [6.45, 7) is 0.827. The van der Waals surface area contributed by atoms with Crippen LogP contribution in [0.3, 0.4) is 0 Å². The van der Waals surface area contributed by atoms with E-state index in [2.05, 4.69) is 127 Å². The molecule has 0 saturated carbocycles. The number of benzene rings is 3. The van der Waals surface area contributed by atoms with Gasteiger partial charge in [0.2, 0.25) is 0 Å². The Morgan fingerprint density at radius 1 is 0.711 bits per heavy atom. The summed E-state index contributed by atoms with van der Waals surface area (Å²) in [6, 6.07) is 32.0. The van der Waals surface area contributed by atoms with Crippen molar-refractivity contribution < 1.29 is 0 Å². The van der Waals surface area contributed by atoms with Crippen LogP contribution in [0.5, 0.6) is 0 Å². The van der Waals surface area contributed by atoms with Crippen molar-refractivity contribution >= 4 is 43.6 Å². The van der Waals surface area contributed by atoms with E-state index in [9.17, 15) is 0 Å². The first-order valence-electron chi connectivity index (χ1n) is 12.6. The number of fused-ring (bicyclic) bond motifs is 3. The van der Waals surface area contributed by atoms with Crippen LogP contribution in [0.4, 0.5) is 0 Å². The second kappa shape index (κ2) is 9.43. The standard InChI is InChI=1S/C33H23BrN4/c34-26-11-14-28-32(21-26)38(31-8-5-17-37-33(28)31)27-12-9-22(10-13-27)23-18-24(29-6-1-3-15-35-29)20-25(19-23)30-7-2-4-16-36-30/h1-15,17-21,36H,16H2. The molecule has 182 valence electrons. The van der Waals surface area contributed by atoms with Gasteiger partial charge in [0.05, 0.1) is 22.2 Å². The summed E-state index contributed by atoms with van der Waals surface area (Å²) in [5.41, 5.74) is 11.0. The van der Waals surface area contributed by atoms with Gasteiger partial charge in [-0.15, -0.1) is 0 Å². The Morgan fingerprint density at radius 3 is 2.37 bits per heavy atom. The highest BCUT2D eigenvalue weighted by atomic mass is 79.9. The lowest BCUT2D eigenvalue weighted by molar-refractivity contribution is 0.996. The minimum absolute atomic E-state index is 0.827. The monoisotopic (exact) mass is 554 g/mol. The molecule has 0 unspecified atom stereocenters. The molecule has 0 atom stereocenters. The minimum Gasteiger partial charge on any atom is -0.381 e. The number of halogens is 1. The molecule has 4 heterocycles. The van der Waals surface area contributed by atoms with Gasteiger partial charge in [-0.05, 0) is 95.6 Å². The molecule has 1 aliphatic rings. The third kappa shape index (κ3) is 4.01. The van der Waals surface area contributed by atoms with Gasteiger partial charge >= 0.3 is 0 Å². The molecule has 0 aliphatic carbocycles. The second-order valence-electron chi connectivity index (χ2n) is 9.32. The molecule has 0 radical (unpaired) electrons. The number of hydrogen-bond acceptors (Lipinski definition) is 3. The van der Waals surface area contributed by atoms with Gasteiger partial charge in [-0.1, -0.05) is 46.3 Å². The van der Waals surface area contributed by atoms with Gasteiger partial charge in [0.1, 0.15) is 0 Å². The van der Waals surface area contributed by atoms with Crippen molar-refractivity contribution in [1.82, 2.24) is 19.9 Å². The van der Waals surface area contributed by atoms with E-state index in [4.69, 9.17) is 0 Å². The molecular weight excluding hydrogens is 532 g/mol. The zero-order valence-electron chi connectivity index (χ0n) is 20.5. The quantitative estimate of drug-likeness (QED) is 0.239. The molecule has 3 aromatic carbocycles. The number of aromatic nitrogens is 3. The first kappa shape index (κ1) is 22.7. The molecule has 0 amide bonds. The first-order valence-corrected chi connectivity index (χ1v) is 13.4. The molecule has 4 nitrogen and oxygen atoms in total. The van der Waals surface area contributed by atoms with Gasteiger partial charge in [-0.2, -0.15) is 0 Å². The zero-order valence-corrected chi connectivity index (χ0v) is 22.1. The molecule has 1 N–H and O–H groups in total. The smallest absolute Gasteiger partial charge is 0.0963 e. The van der Waals surface area contributed by atoms with E-state index in [0.717, 1.165) is 72.3 Å². The first-order chi connectivity index (χ1) is 18.7. The Bertz CT molecular complexity index is 1870. The Morgan fingerprint density at radius 2 is 1.55 bits per heavy atom. The molecule has 1 aliphatic heterocycles. The molecule has 5 heteroatoms. The molecule has 38 heavy (non-hydrogen) atoms. The van der Waals surface area contributed by atoms with Crippen molar-refractivity contribution in [2.45, 2.75) is 0 Å². The predicted octanol–water partition coefficient (Wildman–Crippen LogP) is 8.17. The Labute approximate surface area is 229 Å². The minimum atomic E-state index is 0.827. The van der Waals surface area contributed by atoms with Crippen molar-refractivity contribution in [3.8, 4) is 28.1 Å². The summed E-state index contributed by atoms with van der Waals surface area (Å²) in [5.74, 6) is 0. The summed E-state index contributed by atoms with van der Waals surface area (Å²) < 4.78 is 3.33. The normalized spacial score (nSPS) is 13.0. The van der Waals surface area contributed by atoms with Gasteiger partial charge in [-0.3, -0.25) is 9.97 Å². The molecule has 0 fully saturated rings. The van der Waals surface area contributed by atoms with Gasteiger partial charge in [-0.25, -0.2) is 0 Å². The zero-order chi connectivity index (χ0) is 25.5. The van der Waals surface area contributed by atoms with E-state index in [1.165, 1.54) is 0 Å². The maximum atomic E-state index is 4.68. The van der Waals surface area contributed by atoms with E-state index < -0.39 is 0 Å². The van der Waals surface area contributed by atoms with E-state index in [1.807, 2.05) is 30.6 Å². The van der Waals surface area contributed by atoms with Crippen molar-refractivity contribution in [2.75, 3.05) is 6.54 Å². The lowest BCUT2D eigenvalue weighted by atomic mass is 9.96. The molecule has 6 aromatic rings. The van der Waals surface area contributed by atoms with Gasteiger partial charge < -0.3 is 9.88 Å². The van der Waals surface area contributed by atoms with Crippen LogP contribution in [0.25, 0.3) is 55.7 Å². The number of hydrogen-bond donors (Lipinski definition) is 1. The fourth-order valence-corrected chi connectivity index (χ4v) is 5.52. The Kier molecular flexibility index (Phi) is 5.64. The Hall–Kier alpha value is -4.48. The van der Waals surface area contributed by atoms with E-state index >= 15 is 0 Å². The van der Waals surface area contributed by atoms with Crippen LogP contribution in [-0.2, 0) is 0 Å². The van der Waals surface area contributed by atoms with Gasteiger partial charge in [0.25, 0.3) is 0 Å². The van der Waals surface area contributed by atoms with Crippen LogP contribution >= 0.6 is 15.9 Å². The van der Waals surface area contributed by atoms with Crippen LogP contribution < -0.4 is 5.32 Å². The number of rotatable bonds is 4. The molecule has 0 bridgehead atoms. The largest absolute Gasteiger partial charge is 0.381 e. The summed E-state index contributed by atoms with van der Waals surface area (Å²) in [5, 5.41) is 4.64. The SMILES string of the molecule is Brc1ccc2c3ncccc3n(-c3ccc(-c4cc(C5=CC=CCN5)cc(-c5ccccn5)c4)cc3)c2c1. The summed E-state index contributed by atoms with van der Waals surface area (Å²) in [7, 11) is 0.